The van der Waals surface area contributed by atoms with Crippen molar-refractivity contribution in [3.05, 3.63) is 99.8 Å². The zero-order valence-corrected chi connectivity index (χ0v) is 20.1. The second kappa shape index (κ2) is 10.3. The molecule has 32 heavy (non-hydrogen) atoms. The van der Waals surface area contributed by atoms with E-state index >= 15 is 0 Å². The van der Waals surface area contributed by atoms with Crippen LogP contribution in [-0.4, -0.2) is 30.1 Å². The molecule has 0 aliphatic carbocycles. The van der Waals surface area contributed by atoms with E-state index in [-0.39, 0.29) is 5.91 Å². The van der Waals surface area contributed by atoms with E-state index < -0.39 is 0 Å². The smallest absolute Gasteiger partial charge is 0.267 e. The quantitative estimate of drug-likeness (QED) is 0.287. The molecule has 1 amide bonds. The van der Waals surface area contributed by atoms with Crippen LogP contribution in [0.3, 0.4) is 0 Å². The zero-order chi connectivity index (χ0) is 22.5. The van der Waals surface area contributed by atoms with Crippen molar-refractivity contribution in [2.75, 3.05) is 19.0 Å². The highest BCUT2D eigenvalue weighted by molar-refractivity contribution is 8.19. The number of nitrogens with zero attached hydrogens (tertiary/aromatic N) is 3. The average molecular weight is 480 g/mol. The van der Waals surface area contributed by atoms with Gasteiger partial charge in [0.15, 0.2) is 5.17 Å². The molecule has 0 bridgehead atoms. The average Bonchev–Trinajstić information content (AvgIpc) is 3.07. The lowest BCUT2D eigenvalue weighted by molar-refractivity contribution is -0.122. The van der Waals surface area contributed by atoms with Crippen molar-refractivity contribution in [3.8, 4) is 0 Å². The van der Waals surface area contributed by atoms with Crippen molar-refractivity contribution < 1.29 is 4.79 Å². The van der Waals surface area contributed by atoms with Gasteiger partial charge in [0.1, 0.15) is 0 Å². The fourth-order valence-electron chi connectivity index (χ4n) is 3.18. The molecule has 162 valence electrons. The zero-order valence-electron chi connectivity index (χ0n) is 17.7. The molecule has 4 nitrogen and oxygen atoms in total. The number of amides is 1. The number of benzene rings is 3. The van der Waals surface area contributed by atoms with E-state index in [1.165, 1.54) is 11.8 Å². The second-order valence-corrected chi connectivity index (χ2v) is 9.67. The first kappa shape index (κ1) is 22.5. The van der Waals surface area contributed by atoms with Gasteiger partial charge in [0.25, 0.3) is 5.91 Å². The van der Waals surface area contributed by atoms with Crippen LogP contribution in [0.4, 0.5) is 11.4 Å². The summed E-state index contributed by atoms with van der Waals surface area (Å²) in [5.41, 5.74) is 2.88. The Hall–Kier alpha value is -2.67. The van der Waals surface area contributed by atoms with Gasteiger partial charge < -0.3 is 4.90 Å². The van der Waals surface area contributed by atoms with E-state index in [0.29, 0.717) is 21.6 Å². The molecule has 3 aromatic carbocycles. The summed E-state index contributed by atoms with van der Waals surface area (Å²) >= 11 is 9.07. The maximum absolute atomic E-state index is 13.3. The van der Waals surface area contributed by atoms with Gasteiger partial charge in [-0.15, -0.1) is 0 Å². The first-order valence-corrected chi connectivity index (χ1v) is 12.1. The molecule has 0 atom stereocenters. The summed E-state index contributed by atoms with van der Waals surface area (Å²) in [7, 11) is 4.03. The largest absolute Gasteiger partial charge is 0.377 e. The number of hydrogen-bond acceptors (Lipinski definition) is 5. The number of carbonyl (C=O) groups is 1. The highest BCUT2D eigenvalue weighted by atomic mass is 35.5. The fourth-order valence-corrected chi connectivity index (χ4v) is 5.37. The van der Waals surface area contributed by atoms with Crippen LogP contribution < -0.4 is 4.90 Å². The van der Waals surface area contributed by atoms with E-state index in [1.807, 2.05) is 80.2 Å². The Labute approximate surface area is 202 Å². The summed E-state index contributed by atoms with van der Waals surface area (Å²) < 4.78 is 0. The number of rotatable bonds is 6. The minimum atomic E-state index is -0.0468. The van der Waals surface area contributed by atoms with Crippen LogP contribution >= 0.6 is 35.1 Å². The summed E-state index contributed by atoms with van der Waals surface area (Å²) in [6, 6.07) is 25.4. The van der Waals surface area contributed by atoms with Gasteiger partial charge in [0, 0.05) is 24.0 Å². The van der Waals surface area contributed by atoms with Gasteiger partial charge in [-0.3, -0.25) is 9.69 Å². The van der Waals surface area contributed by atoms with Gasteiger partial charge in [0.05, 0.1) is 22.8 Å². The molecule has 1 fully saturated rings. The van der Waals surface area contributed by atoms with Crippen LogP contribution in [0.2, 0.25) is 5.02 Å². The van der Waals surface area contributed by atoms with E-state index in [1.54, 1.807) is 22.7 Å². The molecule has 1 aliphatic heterocycles. The molecule has 0 spiro atoms. The van der Waals surface area contributed by atoms with Crippen LogP contribution in [0.25, 0.3) is 0 Å². The van der Waals surface area contributed by atoms with Gasteiger partial charge >= 0.3 is 0 Å². The van der Waals surface area contributed by atoms with Crippen molar-refractivity contribution in [1.29, 1.82) is 0 Å². The fraction of sp³-hybridized carbons (Fsp3) is 0.120. The molecule has 0 N–H and O–H groups in total. The van der Waals surface area contributed by atoms with Crippen molar-refractivity contribution in [3.63, 3.8) is 0 Å². The highest BCUT2D eigenvalue weighted by Crippen LogP contribution is 2.38. The molecule has 0 unspecified atom stereocenters. The monoisotopic (exact) mass is 479 g/mol. The number of para-hydroxylation sites is 1. The van der Waals surface area contributed by atoms with Crippen LogP contribution in [0.5, 0.6) is 0 Å². The van der Waals surface area contributed by atoms with Gasteiger partial charge in [-0.1, -0.05) is 71.9 Å². The first-order chi connectivity index (χ1) is 15.5. The Morgan fingerprint density at radius 2 is 1.78 bits per heavy atom. The third-order valence-electron chi connectivity index (χ3n) is 4.74. The Morgan fingerprint density at radius 1 is 1.03 bits per heavy atom. The molecule has 7 heteroatoms. The third-order valence-corrected chi connectivity index (χ3v) is 7.09. The summed E-state index contributed by atoms with van der Waals surface area (Å²) in [6.07, 6.45) is 0. The molecule has 3 aromatic rings. The Morgan fingerprint density at radius 3 is 2.53 bits per heavy atom. The second-order valence-electron chi connectivity index (χ2n) is 7.32. The Kier molecular flexibility index (Phi) is 7.25. The molecule has 1 aliphatic rings. The molecule has 0 radical (unpaired) electrons. The van der Waals surface area contributed by atoms with Gasteiger partial charge in [-0.05, 0) is 53.1 Å². The van der Waals surface area contributed by atoms with Crippen LogP contribution in [-0.2, 0) is 11.3 Å². The summed E-state index contributed by atoms with van der Waals surface area (Å²) in [6.45, 7) is 0.461. The number of amidine groups is 1. The SMILES string of the molecule is CN(C)c1ccccc1S/C=C1\SC(=Nc2cccc(Cl)c2)N(Cc2ccccc2)C1=O. The van der Waals surface area contributed by atoms with E-state index in [4.69, 9.17) is 16.6 Å². The third kappa shape index (κ3) is 5.38. The lowest BCUT2D eigenvalue weighted by atomic mass is 10.2. The predicted molar refractivity (Wildman–Crippen MR) is 138 cm³/mol. The molecule has 1 heterocycles. The normalized spacial score (nSPS) is 16.2. The molecule has 0 aromatic heterocycles. The van der Waals surface area contributed by atoms with Crippen molar-refractivity contribution >= 4 is 57.6 Å². The number of anilines is 1. The molecular formula is C25H22ClN3OS2. The van der Waals surface area contributed by atoms with Crippen molar-refractivity contribution in [2.24, 2.45) is 4.99 Å². The summed E-state index contributed by atoms with van der Waals surface area (Å²) in [5.74, 6) is -0.0468. The van der Waals surface area contributed by atoms with Crippen molar-refractivity contribution in [2.45, 2.75) is 11.4 Å². The maximum atomic E-state index is 13.3. The minimum absolute atomic E-state index is 0.0468. The molecule has 4 rings (SSSR count). The van der Waals surface area contributed by atoms with Gasteiger partial charge in [0.2, 0.25) is 0 Å². The van der Waals surface area contributed by atoms with E-state index in [2.05, 4.69) is 17.0 Å². The predicted octanol–water partition coefficient (Wildman–Crippen LogP) is 6.80. The topological polar surface area (TPSA) is 35.9 Å². The Balaban J connectivity index is 1.65. The van der Waals surface area contributed by atoms with Crippen LogP contribution in [0, 0.1) is 0 Å². The van der Waals surface area contributed by atoms with Crippen LogP contribution in [0.15, 0.2) is 99.1 Å². The lowest BCUT2D eigenvalue weighted by Gasteiger charge is -2.16. The molecular weight excluding hydrogens is 458 g/mol. The Bertz CT molecular complexity index is 1180. The van der Waals surface area contributed by atoms with Gasteiger partial charge in [-0.2, -0.15) is 0 Å². The molecule has 1 saturated heterocycles. The first-order valence-electron chi connectivity index (χ1n) is 10.0. The highest BCUT2D eigenvalue weighted by Gasteiger charge is 2.33. The summed E-state index contributed by atoms with van der Waals surface area (Å²) in [4.78, 5) is 23.6. The minimum Gasteiger partial charge on any atom is -0.377 e. The van der Waals surface area contributed by atoms with Crippen molar-refractivity contribution in [1.82, 2.24) is 4.90 Å². The van der Waals surface area contributed by atoms with E-state index in [9.17, 15) is 4.79 Å². The number of hydrogen-bond donors (Lipinski definition) is 0. The lowest BCUT2D eigenvalue weighted by Crippen LogP contribution is -2.28. The maximum Gasteiger partial charge on any atom is 0.267 e. The standard InChI is InChI=1S/C25H22ClN3OS2/c1-28(2)21-13-6-7-14-22(21)31-17-23-24(30)29(16-18-9-4-3-5-10-18)25(32-23)27-20-12-8-11-19(26)15-20/h3-15,17H,16H2,1-2H3/b23-17-,27-25?. The van der Waals surface area contributed by atoms with Crippen LogP contribution in [0.1, 0.15) is 5.56 Å². The number of carbonyl (C=O) groups excluding carboxylic acids is 1. The van der Waals surface area contributed by atoms with E-state index in [0.717, 1.165) is 21.8 Å². The number of thioether (sulfide) groups is 2. The summed E-state index contributed by atoms with van der Waals surface area (Å²) in [5, 5.41) is 3.18. The number of halogens is 1. The van der Waals surface area contributed by atoms with Gasteiger partial charge in [-0.25, -0.2) is 4.99 Å². The number of aliphatic imine (C=N–C) groups is 1. The molecule has 0 saturated carbocycles.